The zero-order valence-corrected chi connectivity index (χ0v) is 11.8. The second-order valence-electron chi connectivity index (χ2n) is 4.82. The average Bonchev–Trinajstić information content (AvgIpc) is 2.83. The predicted octanol–water partition coefficient (Wildman–Crippen LogP) is 1.70. The lowest BCUT2D eigenvalue weighted by atomic mass is 10.1. The van der Waals surface area contributed by atoms with E-state index in [1.807, 2.05) is 0 Å². The summed E-state index contributed by atoms with van der Waals surface area (Å²) in [6, 6.07) is 10.4. The number of anilines is 1. The second-order valence-corrected chi connectivity index (χ2v) is 4.82. The first-order valence-electron chi connectivity index (χ1n) is 6.67. The van der Waals surface area contributed by atoms with Crippen LogP contribution < -0.4 is 11.1 Å². The van der Waals surface area contributed by atoms with E-state index in [0.29, 0.717) is 22.4 Å². The van der Waals surface area contributed by atoms with Crippen molar-refractivity contribution in [3.05, 3.63) is 65.0 Å². The van der Waals surface area contributed by atoms with Crippen molar-refractivity contribution in [2.24, 2.45) is 15.9 Å². The summed E-state index contributed by atoms with van der Waals surface area (Å²) < 4.78 is 13.3. The van der Waals surface area contributed by atoms with Gasteiger partial charge in [0.05, 0.1) is 11.9 Å². The molecule has 0 aliphatic carbocycles. The van der Waals surface area contributed by atoms with Gasteiger partial charge in [-0.3, -0.25) is 9.59 Å². The van der Waals surface area contributed by atoms with Crippen molar-refractivity contribution < 1.29 is 14.0 Å². The molecule has 0 aromatic heterocycles. The number of fused-ring (bicyclic) bond motifs is 1. The fourth-order valence-electron chi connectivity index (χ4n) is 2.11. The van der Waals surface area contributed by atoms with Gasteiger partial charge in [-0.2, -0.15) is 5.10 Å². The number of hydrogen-bond acceptors (Lipinski definition) is 4. The van der Waals surface area contributed by atoms with Crippen molar-refractivity contribution in [3.63, 3.8) is 0 Å². The number of carbonyl (C=O) groups excluding carboxylic acids is 2. The van der Waals surface area contributed by atoms with Crippen LogP contribution in [0.2, 0.25) is 0 Å². The molecule has 0 saturated carbocycles. The maximum Gasteiger partial charge on any atom is 0.276 e. The van der Waals surface area contributed by atoms with Crippen molar-refractivity contribution in [1.29, 1.82) is 0 Å². The van der Waals surface area contributed by atoms with Gasteiger partial charge >= 0.3 is 0 Å². The molecule has 2 aromatic rings. The van der Waals surface area contributed by atoms with Crippen LogP contribution in [-0.4, -0.2) is 23.7 Å². The monoisotopic (exact) mass is 310 g/mol. The van der Waals surface area contributed by atoms with E-state index in [9.17, 15) is 14.0 Å². The molecule has 3 N–H and O–H groups in total. The third kappa shape index (κ3) is 2.98. The Kier molecular flexibility index (Phi) is 3.68. The van der Waals surface area contributed by atoms with Crippen molar-refractivity contribution in [2.75, 3.05) is 5.32 Å². The Labute approximate surface area is 130 Å². The predicted molar refractivity (Wildman–Crippen MR) is 84.1 cm³/mol. The van der Waals surface area contributed by atoms with Crippen LogP contribution in [-0.2, 0) is 4.79 Å². The van der Waals surface area contributed by atoms with Gasteiger partial charge in [-0.05, 0) is 35.9 Å². The smallest absolute Gasteiger partial charge is 0.276 e. The Hall–Kier alpha value is -3.35. The molecule has 114 valence electrons. The number of nitrogens with one attached hydrogen (secondary N) is 1. The largest absolute Gasteiger partial charge is 0.366 e. The number of amides is 2. The average molecular weight is 310 g/mol. The quantitative estimate of drug-likeness (QED) is 0.666. The minimum absolute atomic E-state index is 0.0458. The van der Waals surface area contributed by atoms with Crippen molar-refractivity contribution in [2.45, 2.75) is 0 Å². The van der Waals surface area contributed by atoms with E-state index >= 15 is 0 Å². The maximum atomic E-state index is 13.3. The summed E-state index contributed by atoms with van der Waals surface area (Å²) in [6.45, 7) is 0. The van der Waals surface area contributed by atoms with Crippen LogP contribution in [0.4, 0.5) is 10.1 Å². The number of nitrogens with zero attached hydrogens (tertiary/aromatic N) is 2. The molecule has 0 atom stereocenters. The number of halogens is 1. The zero-order valence-electron chi connectivity index (χ0n) is 11.8. The standard InChI is InChI=1S/C16H11FN4O2/c17-11-5-6-13-12(7-11)14(16(23)20-13)21-19-8-9-1-3-10(4-2-9)15(18)22/h1-8H,(H2,18,22)(H,20,21,23). The Bertz CT molecular complexity index is 857. The van der Waals surface area contributed by atoms with Gasteiger partial charge in [0.25, 0.3) is 5.91 Å². The van der Waals surface area contributed by atoms with E-state index in [2.05, 4.69) is 15.5 Å². The van der Waals surface area contributed by atoms with E-state index in [0.717, 1.165) is 0 Å². The van der Waals surface area contributed by atoms with Crippen LogP contribution in [0.5, 0.6) is 0 Å². The first-order valence-corrected chi connectivity index (χ1v) is 6.67. The molecule has 1 aliphatic rings. The van der Waals surface area contributed by atoms with Gasteiger partial charge in [0.2, 0.25) is 5.91 Å². The summed E-state index contributed by atoms with van der Waals surface area (Å²) in [5.74, 6) is -1.42. The summed E-state index contributed by atoms with van der Waals surface area (Å²) in [6.07, 6.45) is 1.42. The third-order valence-electron chi connectivity index (χ3n) is 3.26. The molecule has 6 nitrogen and oxygen atoms in total. The van der Waals surface area contributed by atoms with E-state index in [1.54, 1.807) is 24.3 Å². The molecule has 0 spiro atoms. The summed E-state index contributed by atoms with van der Waals surface area (Å²) in [7, 11) is 0. The summed E-state index contributed by atoms with van der Waals surface area (Å²) >= 11 is 0. The number of rotatable bonds is 3. The number of hydrogen-bond donors (Lipinski definition) is 2. The fraction of sp³-hybridized carbons (Fsp3) is 0. The highest BCUT2D eigenvalue weighted by molar-refractivity contribution is 6.53. The van der Waals surface area contributed by atoms with Gasteiger partial charge < -0.3 is 11.1 Å². The van der Waals surface area contributed by atoms with Crippen LogP contribution in [0, 0.1) is 5.82 Å². The van der Waals surface area contributed by atoms with E-state index < -0.39 is 17.6 Å². The molecule has 1 aliphatic heterocycles. The van der Waals surface area contributed by atoms with Crippen LogP contribution in [0.25, 0.3) is 0 Å². The highest BCUT2D eigenvalue weighted by Crippen LogP contribution is 2.24. The van der Waals surface area contributed by atoms with Gasteiger partial charge in [0.15, 0.2) is 5.71 Å². The Morgan fingerprint density at radius 2 is 1.91 bits per heavy atom. The Balaban J connectivity index is 1.84. The molecule has 0 radical (unpaired) electrons. The molecule has 0 unspecified atom stereocenters. The van der Waals surface area contributed by atoms with Crippen LogP contribution in [0.15, 0.2) is 52.7 Å². The first kappa shape index (κ1) is 14.6. The molecule has 2 amide bonds. The van der Waals surface area contributed by atoms with Crippen LogP contribution in [0.1, 0.15) is 21.5 Å². The molecule has 23 heavy (non-hydrogen) atoms. The number of benzene rings is 2. The summed E-state index contributed by atoms with van der Waals surface area (Å²) in [4.78, 5) is 22.8. The minimum Gasteiger partial charge on any atom is -0.366 e. The highest BCUT2D eigenvalue weighted by Gasteiger charge is 2.26. The summed E-state index contributed by atoms with van der Waals surface area (Å²) in [5.41, 5.74) is 7.12. The van der Waals surface area contributed by atoms with Gasteiger partial charge in [-0.25, -0.2) is 4.39 Å². The second kappa shape index (κ2) is 5.80. The Morgan fingerprint density at radius 1 is 1.17 bits per heavy atom. The number of nitrogens with two attached hydrogens (primary N) is 1. The number of primary amides is 1. The normalized spacial score (nSPS) is 15.0. The van der Waals surface area contributed by atoms with Crippen LogP contribution >= 0.6 is 0 Å². The molecule has 3 rings (SSSR count). The minimum atomic E-state index is -0.519. The van der Waals surface area contributed by atoms with E-state index in [1.165, 1.54) is 24.4 Å². The molecule has 7 heteroatoms. The molecule has 0 fully saturated rings. The highest BCUT2D eigenvalue weighted by atomic mass is 19.1. The lowest BCUT2D eigenvalue weighted by molar-refractivity contribution is -0.110. The van der Waals surface area contributed by atoms with Gasteiger partial charge in [0, 0.05) is 11.1 Å². The van der Waals surface area contributed by atoms with E-state index in [-0.39, 0.29) is 5.71 Å². The van der Waals surface area contributed by atoms with E-state index in [4.69, 9.17) is 5.73 Å². The van der Waals surface area contributed by atoms with Gasteiger partial charge in [-0.1, -0.05) is 12.1 Å². The van der Waals surface area contributed by atoms with Gasteiger partial charge in [0.1, 0.15) is 5.82 Å². The van der Waals surface area contributed by atoms with Crippen LogP contribution in [0.3, 0.4) is 0 Å². The topological polar surface area (TPSA) is 96.9 Å². The van der Waals surface area contributed by atoms with Gasteiger partial charge in [-0.15, -0.1) is 5.10 Å². The Morgan fingerprint density at radius 3 is 2.61 bits per heavy atom. The third-order valence-corrected chi connectivity index (χ3v) is 3.26. The number of carbonyl (C=O) groups is 2. The zero-order chi connectivity index (χ0) is 16.4. The molecule has 0 bridgehead atoms. The molecular formula is C16H11FN4O2. The lowest BCUT2D eigenvalue weighted by Gasteiger charge is -1.96. The van der Waals surface area contributed by atoms with Crippen molar-refractivity contribution in [1.82, 2.24) is 0 Å². The molecule has 2 aromatic carbocycles. The fourth-order valence-corrected chi connectivity index (χ4v) is 2.11. The van der Waals surface area contributed by atoms with Crippen molar-refractivity contribution in [3.8, 4) is 0 Å². The summed E-state index contributed by atoms with van der Waals surface area (Å²) in [5, 5.41) is 10.3. The lowest BCUT2D eigenvalue weighted by Crippen LogP contribution is -2.13. The first-order chi connectivity index (χ1) is 11.0. The van der Waals surface area contributed by atoms with Crippen molar-refractivity contribution >= 4 is 29.4 Å². The molecule has 0 saturated heterocycles. The molecular weight excluding hydrogens is 299 g/mol. The maximum absolute atomic E-state index is 13.3. The SMILES string of the molecule is NC(=O)c1ccc(C=NN=C2C(=O)Nc3ccc(F)cc32)cc1. The molecule has 1 heterocycles.